The van der Waals surface area contributed by atoms with Gasteiger partial charge in [-0.25, -0.2) is 12.8 Å². The number of hydrogen-bond acceptors (Lipinski definition) is 3. The van der Waals surface area contributed by atoms with Crippen molar-refractivity contribution >= 4 is 27.3 Å². The van der Waals surface area contributed by atoms with E-state index < -0.39 is 21.7 Å². The van der Waals surface area contributed by atoms with Gasteiger partial charge in [-0.1, -0.05) is 37.3 Å². The highest BCUT2D eigenvalue weighted by Crippen LogP contribution is 2.20. The number of benzene rings is 3. The first-order valence-corrected chi connectivity index (χ1v) is 10.1. The summed E-state index contributed by atoms with van der Waals surface area (Å²) in [6.45, 7) is 2.04. The molecule has 0 fully saturated rings. The van der Waals surface area contributed by atoms with Gasteiger partial charge in [0.15, 0.2) is 0 Å². The molecule has 0 saturated carbocycles. The van der Waals surface area contributed by atoms with Crippen LogP contribution in [0.3, 0.4) is 0 Å². The van der Waals surface area contributed by atoms with Crippen molar-refractivity contribution in [1.29, 1.82) is 0 Å². The van der Waals surface area contributed by atoms with Crippen LogP contribution in [0.4, 0.5) is 15.8 Å². The largest absolute Gasteiger partial charge is 0.322 e. The molecule has 3 rings (SSSR count). The monoisotopic (exact) mass is 398 g/mol. The number of hydrogen-bond donors (Lipinski definition) is 2. The Kier molecular flexibility index (Phi) is 5.75. The number of amides is 1. The number of nitrogens with one attached hydrogen (secondary N) is 2. The van der Waals surface area contributed by atoms with E-state index in [1.165, 1.54) is 42.5 Å². The zero-order chi connectivity index (χ0) is 20.1. The van der Waals surface area contributed by atoms with Gasteiger partial charge >= 0.3 is 0 Å². The Bertz CT molecular complexity index is 1100. The predicted molar refractivity (Wildman–Crippen MR) is 107 cm³/mol. The van der Waals surface area contributed by atoms with E-state index in [-0.39, 0.29) is 16.1 Å². The molecule has 0 heterocycles. The summed E-state index contributed by atoms with van der Waals surface area (Å²) in [4.78, 5) is 12.3. The summed E-state index contributed by atoms with van der Waals surface area (Å²) in [6, 6.07) is 18.4. The molecule has 0 aliphatic heterocycles. The molecule has 0 atom stereocenters. The highest BCUT2D eigenvalue weighted by molar-refractivity contribution is 7.92. The summed E-state index contributed by atoms with van der Waals surface area (Å²) in [5.74, 6) is -1.12. The van der Waals surface area contributed by atoms with E-state index in [0.29, 0.717) is 5.69 Å². The molecular weight excluding hydrogens is 379 g/mol. The third-order valence-corrected chi connectivity index (χ3v) is 5.51. The Morgan fingerprint density at radius 1 is 0.964 bits per heavy atom. The molecule has 0 unspecified atom stereocenters. The Morgan fingerprint density at radius 3 is 2.36 bits per heavy atom. The molecule has 2 N–H and O–H groups in total. The molecule has 0 saturated heterocycles. The van der Waals surface area contributed by atoms with Gasteiger partial charge < -0.3 is 5.32 Å². The van der Waals surface area contributed by atoms with Crippen LogP contribution in [-0.4, -0.2) is 14.3 Å². The first-order valence-electron chi connectivity index (χ1n) is 8.67. The Balaban J connectivity index is 1.80. The van der Waals surface area contributed by atoms with E-state index >= 15 is 0 Å². The summed E-state index contributed by atoms with van der Waals surface area (Å²) in [5.41, 5.74) is 1.77. The second kappa shape index (κ2) is 8.22. The predicted octanol–water partition coefficient (Wildman–Crippen LogP) is 4.44. The second-order valence-corrected chi connectivity index (χ2v) is 7.80. The zero-order valence-electron chi connectivity index (χ0n) is 15.1. The minimum Gasteiger partial charge on any atom is -0.322 e. The fourth-order valence-corrected chi connectivity index (χ4v) is 3.69. The standard InChI is InChI=1S/C21H19FN2O3S/c1-2-15-10-12-17(13-11-15)23-21(25)16-6-5-7-18(14-16)28(26,27)24-20-9-4-3-8-19(20)22/h3-14,24H,2H2,1H3,(H,23,25). The van der Waals surface area contributed by atoms with E-state index in [0.717, 1.165) is 18.1 Å². The number of para-hydroxylation sites is 1. The Hall–Kier alpha value is -3.19. The summed E-state index contributed by atoms with van der Waals surface area (Å²) in [7, 11) is -4.04. The van der Waals surface area contributed by atoms with Crippen LogP contribution >= 0.6 is 0 Å². The van der Waals surface area contributed by atoms with Gasteiger partial charge in [0, 0.05) is 11.3 Å². The molecule has 0 aliphatic rings. The van der Waals surface area contributed by atoms with Crippen molar-refractivity contribution in [2.75, 3.05) is 10.0 Å². The SMILES string of the molecule is CCc1ccc(NC(=O)c2cccc(S(=O)(=O)Nc3ccccc3F)c2)cc1. The highest BCUT2D eigenvalue weighted by Gasteiger charge is 2.18. The van der Waals surface area contributed by atoms with Crippen LogP contribution in [-0.2, 0) is 16.4 Å². The third-order valence-electron chi connectivity index (χ3n) is 4.14. The molecule has 7 heteroatoms. The van der Waals surface area contributed by atoms with Gasteiger partial charge in [0.2, 0.25) is 0 Å². The van der Waals surface area contributed by atoms with Gasteiger partial charge in [0.05, 0.1) is 10.6 Å². The number of aryl methyl sites for hydroxylation is 1. The maximum Gasteiger partial charge on any atom is 0.262 e. The van der Waals surface area contributed by atoms with Gasteiger partial charge in [-0.05, 0) is 54.4 Å². The van der Waals surface area contributed by atoms with E-state index in [9.17, 15) is 17.6 Å². The van der Waals surface area contributed by atoms with Crippen LogP contribution in [0.1, 0.15) is 22.8 Å². The number of sulfonamides is 1. The van der Waals surface area contributed by atoms with Crippen LogP contribution in [0.2, 0.25) is 0 Å². The van der Waals surface area contributed by atoms with Gasteiger partial charge in [0.25, 0.3) is 15.9 Å². The summed E-state index contributed by atoms with van der Waals surface area (Å²) in [5, 5.41) is 2.73. The number of rotatable bonds is 6. The number of halogens is 1. The molecule has 0 aliphatic carbocycles. The Morgan fingerprint density at radius 2 is 1.68 bits per heavy atom. The van der Waals surface area contributed by atoms with Crippen LogP contribution in [0.15, 0.2) is 77.7 Å². The van der Waals surface area contributed by atoms with Crippen molar-refractivity contribution in [1.82, 2.24) is 0 Å². The van der Waals surface area contributed by atoms with Gasteiger partial charge in [0.1, 0.15) is 5.82 Å². The fraction of sp³-hybridized carbons (Fsp3) is 0.0952. The smallest absolute Gasteiger partial charge is 0.262 e. The van der Waals surface area contributed by atoms with Crippen molar-refractivity contribution in [3.05, 3.63) is 89.7 Å². The third kappa shape index (κ3) is 4.55. The van der Waals surface area contributed by atoms with Gasteiger partial charge in [-0.15, -0.1) is 0 Å². The lowest BCUT2D eigenvalue weighted by Crippen LogP contribution is -2.16. The minimum atomic E-state index is -4.04. The van der Waals surface area contributed by atoms with E-state index in [4.69, 9.17) is 0 Å². The summed E-state index contributed by atoms with van der Waals surface area (Å²) in [6.07, 6.45) is 0.892. The Labute approximate surface area is 163 Å². The van der Waals surface area contributed by atoms with Crippen molar-refractivity contribution in [2.45, 2.75) is 18.2 Å². The lowest BCUT2D eigenvalue weighted by molar-refractivity contribution is 0.102. The quantitative estimate of drug-likeness (QED) is 0.645. The van der Waals surface area contributed by atoms with Crippen molar-refractivity contribution in [2.24, 2.45) is 0 Å². The lowest BCUT2D eigenvalue weighted by atomic mass is 10.1. The second-order valence-electron chi connectivity index (χ2n) is 6.12. The molecule has 144 valence electrons. The number of carbonyl (C=O) groups is 1. The lowest BCUT2D eigenvalue weighted by Gasteiger charge is -2.10. The van der Waals surface area contributed by atoms with E-state index in [1.54, 1.807) is 12.1 Å². The fourth-order valence-electron chi connectivity index (χ4n) is 2.58. The minimum absolute atomic E-state index is 0.135. The average molecular weight is 398 g/mol. The summed E-state index contributed by atoms with van der Waals surface area (Å²) >= 11 is 0. The molecule has 0 bridgehead atoms. The van der Waals surface area contributed by atoms with Crippen LogP contribution < -0.4 is 10.0 Å². The first kappa shape index (κ1) is 19.6. The molecule has 28 heavy (non-hydrogen) atoms. The maximum absolute atomic E-state index is 13.7. The van der Waals surface area contributed by atoms with Crippen LogP contribution in [0.5, 0.6) is 0 Å². The highest BCUT2D eigenvalue weighted by atomic mass is 32.2. The maximum atomic E-state index is 13.7. The molecule has 1 amide bonds. The topological polar surface area (TPSA) is 75.3 Å². The van der Waals surface area contributed by atoms with E-state index in [2.05, 4.69) is 10.0 Å². The molecular formula is C21H19FN2O3S. The normalized spacial score (nSPS) is 11.1. The molecule has 0 aromatic heterocycles. The van der Waals surface area contributed by atoms with Crippen LogP contribution in [0.25, 0.3) is 0 Å². The molecule has 3 aromatic carbocycles. The number of carbonyl (C=O) groups excluding carboxylic acids is 1. The molecule has 3 aromatic rings. The zero-order valence-corrected chi connectivity index (χ0v) is 16.0. The van der Waals surface area contributed by atoms with Gasteiger partial charge in [-0.3, -0.25) is 9.52 Å². The molecule has 0 spiro atoms. The molecule has 0 radical (unpaired) electrons. The van der Waals surface area contributed by atoms with Crippen molar-refractivity contribution in [3.63, 3.8) is 0 Å². The van der Waals surface area contributed by atoms with Crippen LogP contribution in [0, 0.1) is 5.82 Å². The number of anilines is 2. The summed E-state index contributed by atoms with van der Waals surface area (Å²) < 4.78 is 41.0. The van der Waals surface area contributed by atoms with E-state index in [1.807, 2.05) is 19.1 Å². The van der Waals surface area contributed by atoms with Crippen molar-refractivity contribution in [3.8, 4) is 0 Å². The molecule has 5 nitrogen and oxygen atoms in total. The van der Waals surface area contributed by atoms with Gasteiger partial charge in [-0.2, -0.15) is 0 Å². The van der Waals surface area contributed by atoms with Crippen molar-refractivity contribution < 1.29 is 17.6 Å². The average Bonchev–Trinajstić information content (AvgIpc) is 2.70. The first-order chi connectivity index (χ1) is 13.4.